The van der Waals surface area contributed by atoms with Gasteiger partial charge in [0.25, 0.3) is 5.91 Å². The Labute approximate surface area is 292 Å². The first-order valence-corrected chi connectivity index (χ1v) is 17.6. The number of halogens is 1. The number of carbonyl (C=O) groups excluding carboxylic acids is 3. The van der Waals surface area contributed by atoms with E-state index in [1.54, 1.807) is 32.4 Å². The van der Waals surface area contributed by atoms with Crippen LogP contribution in [0, 0.1) is 5.92 Å². The number of methoxy groups -OCH3 is 2. The average Bonchev–Trinajstić information content (AvgIpc) is 3.89. The number of para-hydroxylation sites is 1. The van der Waals surface area contributed by atoms with E-state index in [0.29, 0.717) is 91.3 Å². The van der Waals surface area contributed by atoms with Crippen molar-refractivity contribution in [1.82, 2.24) is 9.80 Å². The van der Waals surface area contributed by atoms with E-state index in [-0.39, 0.29) is 48.3 Å². The Hall–Kier alpha value is -3.32. The molecule has 1 aromatic heterocycles. The zero-order chi connectivity index (χ0) is 34.5. The number of nitrogens with one attached hydrogen (secondary N) is 1. The molecule has 3 aromatic rings. The Bertz CT molecular complexity index is 1620. The number of esters is 1. The van der Waals surface area contributed by atoms with Gasteiger partial charge >= 0.3 is 5.97 Å². The molecule has 0 spiro atoms. The summed E-state index contributed by atoms with van der Waals surface area (Å²) in [6, 6.07) is 12.6. The summed E-state index contributed by atoms with van der Waals surface area (Å²) in [5.41, 5.74) is 2.16. The standard InChI is InChI=1S/C37H46ClN3O8/c1-4-47-36(44)25-12-14-26(15-13-25)49-37(40-17-7-8-18-40,41-21-32(45-2)33(22-41)46-3)34(42)20-24-11-16-30(29(38)19-24)39-35(43)28-23-48-31-10-6-5-9-27(28)31/h5-6,9-11,16,19,23,25-26,32-33H,4,7-8,12-15,17-18,20-22H2,1-3H3,(H,39,43)/t25?,26?,32-,33+,37?. The molecule has 1 saturated carbocycles. The van der Waals surface area contributed by atoms with Gasteiger partial charge in [0.05, 0.1) is 47.1 Å². The van der Waals surface area contributed by atoms with E-state index >= 15 is 0 Å². The highest BCUT2D eigenvalue weighted by molar-refractivity contribution is 6.34. The molecule has 1 amide bonds. The van der Waals surface area contributed by atoms with Crippen molar-refractivity contribution < 1.29 is 37.7 Å². The second-order valence-corrected chi connectivity index (χ2v) is 13.5. The molecule has 264 valence electrons. The number of carbonyl (C=O) groups is 3. The fraction of sp³-hybridized carbons (Fsp3) is 0.541. The summed E-state index contributed by atoms with van der Waals surface area (Å²) in [5, 5.41) is 3.91. The zero-order valence-electron chi connectivity index (χ0n) is 28.5. The highest BCUT2D eigenvalue weighted by atomic mass is 35.5. The van der Waals surface area contributed by atoms with Crippen molar-refractivity contribution in [2.24, 2.45) is 5.92 Å². The smallest absolute Gasteiger partial charge is 0.308 e. The molecule has 3 atom stereocenters. The molecule has 0 radical (unpaired) electrons. The van der Waals surface area contributed by atoms with Gasteiger partial charge in [-0.1, -0.05) is 35.9 Å². The van der Waals surface area contributed by atoms with Crippen LogP contribution in [-0.4, -0.2) is 98.6 Å². The first kappa shape index (κ1) is 35.5. The van der Waals surface area contributed by atoms with Gasteiger partial charge in [-0.3, -0.25) is 24.2 Å². The lowest BCUT2D eigenvalue weighted by molar-refractivity contribution is -0.254. The maximum absolute atomic E-state index is 14.9. The predicted molar refractivity (Wildman–Crippen MR) is 184 cm³/mol. The quantitative estimate of drug-likeness (QED) is 0.224. The third kappa shape index (κ3) is 7.43. The summed E-state index contributed by atoms with van der Waals surface area (Å²) < 4.78 is 29.5. The van der Waals surface area contributed by atoms with Crippen molar-refractivity contribution in [3.8, 4) is 0 Å². The van der Waals surface area contributed by atoms with Crippen molar-refractivity contribution in [3.05, 3.63) is 64.9 Å². The molecular weight excluding hydrogens is 650 g/mol. The van der Waals surface area contributed by atoms with Crippen LogP contribution in [-0.2, 0) is 35.0 Å². The topological polar surface area (TPSA) is 120 Å². The van der Waals surface area contributed by atoms with E-state index in [0.717, 1.165) is 12.8 Å². The molecule has 11 nitrogen and oxygen atoms in total. The van der Waals surface area contributed by atoms with Gasteiger partial charge in [-0.15, -0.1) is 0 Å². The molecule has 2 saturated heterocycles. The first-order valence-electron chi connectivity index (χ1n) is 17.3. The number of rotatable bonds is 13. The third-order valence-corrected chi connectivity index (χ3v) is 10.5. The Kier molecular flexibility index (Phi) is 11.4. The maximum atomic E-state index is 14.9. The first-order chi connectivity index (χ1) is 23.8. The second-order valence-electron chi connectivity index (χ2n) is 13.1. The van der Waals surface area contributed by atoms with E-state index in [4.69, 9.17) is 35.0 Å². The SMILES string of the molecule is CCOC(=O)C1CCC(OC(C(=O)Cc2ccc(NC(=O)c3coc4ccccc34)c(Cl)c2)(N2CCCC2)N2C[C@H](OC)[C@H](OC)C2)CC1. The number of ether oxygens (including phenoxy) is 4. The zero-order valence-corrected chi connectivity index (χ0v) is 29.2. The molecule has 2 aliphatic heterocycles. The summed E-state index contributed by atoms with van der Waals surface area (Å²) in [5.74, 6) is -2.13. The fourth-order valence-corrected chi connectivity index (χ4v) is 7.80. The summed E-state index contributed by atoms with van der Waals surface area (Å²) in [4.78, 5) is 44.8. The summed E-state index contributed by atoms with van der Waals surface area (Å²) in [7, 11) is 3.32. The van der Waals surface area contributed by atoms with Crippen LogP contribution in [0.25, 0.3) is 11.0 Å². The molecule has 12 heteroatoms. The van der Waals surface area contributed by atoms with Crippen molar-refractivity contribution in [1.29, 1.82) is 0 Å². The molecule has 49 heavy (non-hydrogen) atoms. The van der Waals surface area contributed by atoms with Crippen LogP contribution < -0.4 is 5.32 Å². The number of furan rings is 1. The number of likely N-dealkylation sites (tertiary alicyclic amines) is 2. The highest BCUT2D eigenvalue weighted by Gasteiger charge is 2.56. The average molecular weight is 696 g/mol. The van der Waals surface area contributed by atoms with Crippen LogP contribution in [0.15, 0.2) is 53.1 Å². The maximum Gasteiger partial charge on any atom is 0.308 e. The molecular formula is C37H46ClN3O8. The van der Waals surface area contributed by atoms with Gasteiger partial charge in [0, 0.05) is 52.2 Å². The molecule has 1 N–H and O–H groups in total. The van der Waals surface area contributed by atoms with Crippen LogP contribution in [0.5, 0.6) is 0 Å². The number of amides is 1. The lowest BCUT2D eigenvalue weighted by Crippen LogP contribution is -2.67. The Morgan fingerprint density at radius 1 is 0.959 bits per heavy atom. The minimum atomic E-state index is -1.36. The predicted octanol–water partition coefficient (Wildman–Crippen LogP) is 5.68. The number of hydrogen-bond acceptors (Lipinski definition) is 10. The molecule has 0 bridgehead atoms. The van der Waals surface area contributed by atoms with Gasteiger partial charge < -0.3 is 28.7 Å². The van der Waals surface area contributed by atoms with Crippen LogP contribution in [0.4, 0.5) is 5.69 Å². The number of hydrogen-bond donors (Lipinski definition) is 1. The Balaban J connectivity index is 1.25. The van der Waals surface area contributed by atoms with Gasteiger partial charge in [0.2, 0.25) is 5.85 Å². The third-order valence-electron chi connectivity index (χ3n) is 10.1. The molecule has 3 aliphatic rings. The van der Waals surface area contributed by atoms with Crippen molar-refractivity contribution in [2.75, 3.05) is 52.3 Å². The van der Waals surface area contributed by atoms with Crippen LogP contribution in [0.1, 0.15) is 61.4 Å². The number of fused-ring (bicyclic) bond motifs is 1. The van der Waals surface area contributed by atoms with Gasteiger partial charge in [0.15, 0.2) is 5.78 Å². The second kappa shape index (κ2) is 15.7. The molecule has 1 unspecified atom stereocenters. The van der Waals surface area contributed by atoms with E-state index in [1.807, 2.05) is 31.2 Å². The lowest BCUT2D eigenvalue weighted by atomic mass is 9.87. The van der Waals surface area contributed by atoms with E-state index in [2.05, 4.69) is 15.1 Å². The van der Waals surface area contributed by atoms with E-state index < -0.39 is 5.85 Å². The fourth-order valence-electron chi connectivity index (χ4n) is 7.55. The summed E-state index contributed by atoms with van der Waals surface area (Å²) in [6.07, 6.45) is 5.30. The largest absolute Gasteiger partial charge is 0.466 e. The molecule has 6 rings (SSSR count). The number of benzene rings is 2. The lowest BCUT2D eigenvalue weighted by Gasteiger charge is -2.48. The molecule has 1 aliphatic carbocycles. The van der Waals surface area contributed by atoms with Crippen molar-refractivity contribution in [3.63, 3.8) is 0 Å². The van der Waals surface area contributed by atoms with Crippen molar-refractivity contribution in [2.45, 2.75) is 76.0 Å². The van der Waals surface area contributed by atoms with Crippen LogP contribution in [0.3, 0.4) is 0 Å². The van der Waals surface area contributed by atoms with E-state index in [1.165, 1.54) is 6.26 Å². The Morgan fingerprint density at radius 3 is 2.31 bits per heavy atom. The molecule has 3 heterocycles. The van der Waals surface area contributed by atoms with Crippen LogP contribution >= 0.6 is 11.6 Å². The Morgan fingerprint density at radius 2 is 1.65 bits per heavy atom. The highest BCUT2D eigenvalue weighted by Crippen LogP contribution is 2.39. The normalized spacial score (nSPS) is 24.6. The minimum absolute atomic E-state index is 0.0563. The monoisotopic (exact) mass is 695 g/mol. The van der Waals surface area contributed by atoms with Gasteiger partial charge in [0.1, 0.15) is 11.8 Å². The number of Topliss-reactive ketones (excluding diaryl/α,β-unsaturated/α-hetero) is 1. The van der Waals surface area contributed by atoms with Crippen LogP contribution in [0.2, 0.25) is 5.02 Å². The summed E-state index contributed by atoms with van der Waals surface area (Å²) in [6.45, 7) is 4.53. The van der Waals surface area contributed by atoms with Crippen molar-refractivity contribution >= 4 is 45.9 Å². The summed E-state index contributed by atoms with van der Waals surface area (Å²) >= 11 is 6.73. The van der Waals surface area contributed by atoms with E-state index in [9.17, 15) is 14.4 Å². The number of anilines is 1. The number of nitrogens with zero attached hydrogens (tertiary/aromatic N) is 2. The van der Waals surface area contributed by atoms with Gasteiger partial charge in [-0.05, 0) is 69.2 Å². The molecule has 3 fully saturated rings. The molecule has 2 aromatic carbocycles. The number of ketones is 1. The van der Waals surface area contributed by atoms with Gasteiger partial charge in [-0.2, -0.15) is 0 Å². The minimum Gasteiger partial charge on any atom is -0.466 e. The van der Waals surface area contributed by atoms with Gasteiger partial charge in [-0.25, -0.2) is 0 Å².